The van der Waals surface area contributed by atoms with E-state index in [4.69, 9.17) is 5.73 Å². The molecule has 118 valence electrons. The van der Waals surface area contributed by atoms with Crippen molar-refractivity contribution in [2.24, 2.45) is 5.73 Å². The highest BCUT2D eigenvalue weighted by atomic mass is 19.4. The Kier molecular flexibility index (Phi) is 11.8. The molecule has 1 aromatic rings. The van der Waals surface area contributed by atoms with E-state index in [1.165, 1.54) is 24.3 Å². The average molecular weight is 302 g/mol. The number of halogens is 3. The van der Waals surface area contributed by atoms with Crippen LogP contribution in [0, 0.1) is 12.8 Å². The molecule has 1 aromatic carbocycles. The summed E-state index contributed by atoms with van der Waals surface area (Å²) in [5.74, 6) is -0.238. The van der Waals surface area contributed by atoms with Crippen molar-refractivity contribution in [2.75, 3.05) is 18.5 Å². The fraction of sp³-hybridized carbons (Fsp3) is 0.333. The number of terminal acetylenes is 1. The minimum atomic E-state index is -4.66. The molecule has 0 fully saturated rings. The summed E-state index contributed by atoms with van der Waals surface area (Å²) in [5.41, 5.74) is 6.03. The van der Waals surface area contributed by atoms with E-state index in [1.807, 2.05) is 13.8 Å². The molecular formula is C15H21F3N2O. The van der Waals surface area contributed by atoms with Gasteiger partial charge in [-0.1, -0.05) is 19.9 Å². The van der Waals surface area contributed by atoms with Crippen LogP contribution in [0.2, 0.25) is 0 Å². The highest BCUT2D eigenvalue weighted by molar-refractivity contribution is 5.50. The smallest absolute Gasteiger partial charge is 0.406 e. The number of benzene rings is 1. The van der Waals surface area contributed by atoms with Crippen LogP contribution < -0.4 is 15.4 Å². The normalized spacial score (nSPS) is 9.95. The van der Waals surface area contributed by atoms with Crippen LogP contribution >= 0.6 is 0 Å². The van der Waals surface area contributed by atoms with Gasteiger partial charge in [-0.15, -0.1) is 26.0 Å². The Balaban J connectivity index is 0. The molecule has 0 saturated heterocycles. The molecule has 3 nitrogen and oxygen atoms in total. The fourth-order valence-electron chi connectivity index (χ4n) is 1.19. The van der Waals surface area contributed by atoms with Crippen LogP contribution in [0.1, 0.15) is 13.8 Å². The Morgan fingerprint density at radius 2 is 1.67 bits per heavy atom. The molecule has 0 heterocycles. The fourth-order valence-corrected chi connectivity index (χ4v) is 1.19. The third-order valence-corrected chi connectivity index (χ3v) is 1.94. The molecule has 0 aliphatic carbocycles. The first-order valence-electron chi connectivity index (χ1n) is 6.21. The molecule has 0 aliphatic rings. The first kappa shape index (κ1) is 21.2. The molecule has 6 heteroatoms. The van der Waals surface area contributed by atoms with Gasteiger partial charge in [0.15, 0.2) is 0 Å². The summed E-state index contributed by atoms with van der Waals surface area (Å²) in [6, 6.07) is 5.58. The van der Waals surface area contributed by atoms with E-state index < -0.39 is 6.36 Å². The second-order valence-corrected chi connectivity index (χ2v) is 3.27. The summed E-state index contributed by atoms with van der Waals surface area (Å²) in [7, 11) is 1.77. The third-order valence-electron chi connectivity index (χ3n) is 1.94. The molecule has 21 heavy (non-hydrogen) atoms. The Labute approximate surface area is 124 Å². The van der Waals surface area contributed by atoms with Crippen molar-refractivity contribution in [1.29, 1.82) is 0 Å². The average Bonchev–Trinajstić information content (AvgIpc) is 2.48. The van der Waals surface area contributed by atoms with Crippen molar-refractivity contribution in [3.05, 3.63) is 36.5 Å². The zero-order chi connectivity index (χ0) is 16.9. The topological polar surface area (TPSA) is 38.5 Å². The molecule has 0 spiro atoms. The second kappa shape index (κ2) is 11.7. The van der Waals surface area contributed by atoms with Gasteiger partial charge in [0.2, 0.25) is 0 Å². The Morgan fingerprint density at radius 1 is 1.19 bits per heavy atom. The zero-order valence-corrected chi connectivity index (χ0v) is 12.4. The van der Waals surface area contributed by atoms with Gasteiger partial charge in [0, 0.05) is 25.5 Å². The van der Waals surface area contributed by atoms with E-state index in [2.05, 4.69) is 17.6 Å². The highest BCUT2D eigenvalue weighted by Gasteiger charge is 2.30. The molecule has 0 bridgehead atoms. The molecule has 2 N–H and O–H groups in total. The lowest BCUT2D eigenvalue weighted by Gasteiger charge is -2.15. The number of nitrogens with two attached hydrogens (primary N) is 1. The second-order valence-electron chi connectivity index (χ2n) is 3.27. The number of hydrogen-bond acceptors (Lipinski definition) is 3. The number of ether oxygens (including phenoxy) is 1. The van der Waals surface area contributed by atoms with E-state index in [0.29, 0.717) is 6.54 Å². The van der Waals surface area contributed by atoms with Crippen LogP contribution in [0.5, 0.6) is 5.75 Å². The summed E-state index contributed by atoms with van der Waals surface area (Å²) in [6.07, 6.45) is 6.81. The highest BCUT2D eigenvalue weighted by Crippen LogP contribution is 2.24. The quantitative estimate of drug-likeness (QED) is 0.860. The molecule has 0 radical (unpaired) electrons. The Bertz CT molecular complexity index is 411. The van der Waals surface area contributed by atoms with E-state index >= 15 is 0 Å². The van der Waals surface area contributed by atoms with E-state index in [-0.39, 0.29) is 5.75 Å². The van der Waals surface area contributed by atoms with E-state index in [9.17, 15) is 13.2 Å². The van der Waals surface area contributed by atoms with Gasteiger partial charge in [-0.3, -0.25) is 0 Å². The molecule has 0 aliphatic heterocycles. The van der Waals surface area contributed by atoms with Gasteiger partial charge in [0.25, 0.3) is 0 Å². The summed E-state index contributed by atoms with van der Waals surface area (Å²) < 4.78 is 39.5. The lowest BCUT2D eigenvalue weighted by molar-refractivity contribution is -0.274. The third kappa shape index (κ3) is 10.3. The van der Waals surface area contributed by atoms with Crippen molar-refractivity contribution in [2.45, 2.75) is 20.2 Å². The maximum atomic E-state index is 11.9. The van der Waals surface area contributed by atoms with Crippen molar-refractivity contribution in [1.82, 2.24) is 0 Å². The summed E-state index contributed by atoms with van der Waals surface area (Å²) in [5, 5.41) is 0. The molecule has 0 atom stereocenters. The van der Waals surface area contributed by atoms with E-state index in [1.54, 1.807) is 24.2 Å². The first-order valence-corrected chi connectivity index (χ1v) is 6.21. The number of hydrogen-bond donors (Lipinski definition) is 1. The SMILES string of the molecule is C#C.CC.CN(/C=C\CN)c1ccc(OC(F)(F)F)cc1. The lowest BCUT2D eigenvalue weighted by Crippen LogP contribution is -2.17. The molecule has 1 rings (SSSR count). The van der Waals surface area contributed by atoms with Crippen LogP contribution in [0.25, 0.3) is 0 Å². The van der Waals surface area contributed by atoms with Crippen LogP contribution in [0.15, 0.2) is 36.5 Å². The van der Waals surface area contributed by atoms with Gasteiger partial charge >= 0.3 is 6.36 Å². The molecule has 0 saturated carbocycles. The monoisotopic (exact) mass is 302 g/mol. The maximum Gasteiger partial charge on any atom is 0.573 e. The molecular weight excluding hydrogens is 281 g/mol. The van der Waals surface area contributed by atoms with Crippen molar-refractivity contribution in [3.8, 4) is 18.6 Å². The number of nitrogens with zero attached hydrogens (tertiary/aromatic N) is 1. The molecule has 0 unspecified atom stereocenters. The van der Waals surface area contributed by atoms with Gasteiger partial charge in [-0.25, -0.2) is 0 Å². The number of alkyl halides is 3. The van der Waals surface area contributed by atoms with Crippen LogP contribution in [-0.4, -0.2) is 20.0 Å². The first-order chi connectivity index (χ1) is 9.92. The van der Waals surface area contributed by atoms with Gasteiger partial charge in [-0.2, -0.15) is 0 Å². The lowest BCUT2D eigenvalue weighted by atomic mass is 10.3. The predicted octanol–water partition coefficient (Wildman–Crippen LogP) is 3.77. The summed E-state index contributed by atoms with van der Waals surface area (Å²) in [4.78, 5) is 1.74. The van der Waals surface area contributed by atoms with Gasteiger partial charge in [0.05, 0.1) is 0 Å². The van der Waals surface area contributed by atoms with Crippen molar-refractivity contribution >= 4 is 5.69 Å². The Morgan fingerprint density at radius 3 is 2.05 bits per heavy atom. The number of anilines is 1. The molecule has 0 aromatic heterocycles. The minimum Gasteiger partial charge on any atom is -0.406 e. The minimum absolute atomic E-state index is 0.238. The predicted molar refractivity (Wildman–Crippen MR) is 81.0 cm³/mol. The van der Waals surface area contributed by atoms with E-state index in [0.717, 1.165) is 5.69 Å². The number of rotatable bonds is 4. The maximum absolute atomic E-state index is 11.9. The van der Waals surface area contributed by atoms with Gasteiger partial charge in [0.1, 0.15) is 5.75 Å². The Hall–Kier alpha value is -2.13. The van der Waals surface area contributed by atoms with Crippen molar-refractivity contribution < 1.29 is 17.9 Å². The van der Waals surface area contributed by atoms with Crippen molar-refractivity contribution in [3.63, 3.8) is 0 Å². The van der Waals surface area contributed by atoms with Gasteiger partial charge in [-0.05, 0) is 24.3 Å². The zero-order valence-electron chi connectivity index (χ0n) is 12.4. The standard InChI is InChI=1S/C11H13F3N2O.C2H6.C2H2/c1-16(8-2-7-15)9-3-5-10(6-4-9)17-11(12,13)14;2*1-2/h2-6,8H,7,15H2,1H3;1-2H3;1-2H/b8-2-;;. The van der Waals surface area contributed by atoms with Crippen LogP contribution in [0.4, 0.5) is 18.9 Å². The van der Waals surface area contributed by atoms with Crippen LogP contribution in [-0.2, 0) is 0 Å². The van der Waals surface area contributed by atoms with Gasteiger partial charge < -0.3 is 15.4 Å². The summed E-state index contributed by atoms with van der Waals surface area (Å²) >= 11 is 0. The summed E-state index contributed by atoms with van der Waals surface area (Å²) in [6.45, 7) is 4.40. The molecule has 0 amide bonds. The largest absolute Gasteiger partial charge is 0.573 e. The van der Waals surface area contributed by atoms with Crippen LogP contribution in [0.3, 0.4) is 0 Å².